The molecule has 1 N–H and O–H groups in total. The standard InChI is InChI=1S/C26H25Cl2FN2O2/c1-18(26(33)30-16-21-10-11-22(27)15-24(21)28)31(17-20-7-12-23(29)13-8-20)25(32)14-9-19-5-3-2-4-6-19/h2-8,10-13,15,18H,9,14,16-17H2,1H3,(H,30,33). The molecule has 3 aromatic carbocycles. The number of halogens is 3. The molecule has 0 saturated carbocycles. The number of nitrogens with one attached hydrogen (secondary N) is 1. The first-order valence-electron chi connectivity index (χ1n) is 10.6. The van der Waals surface area contributed by atoms with Crippen molar-refractivity contribution in [2.75, 3.05) is 0 Å². The lowest BCUT2D eigenvalue weighted by molar-refractivity contribution is -0.140. The van der Waals surface area contributed by atoms with Gasteiger partial charge in [-0.25, -0.2) is 4.39 Å². The van der Waals surface area contributed by atoms with Crippen LogP contribution in [0, 0.1) is 5.82 Å². The average molecular weight is 487 g/mol. The number of hydrogen-bond acceptors (Lipinski definition) is 2. The first-order valence-corrected chi connectivity index (χ1v) is 11.4. The summed E-state index contributed by atoms with van der Waals surface area (Å²) in [6.45, 7) is 2.09. The maximum absolute atomic E-state index is 13.3. The van der Waals surface area contributed by atoms with E-state index in [1.807, 2.05) is 30.3 Å². The van der Waals surface area contributed by atoms with E-state index in [1.54, 1.807) is 37.3 Å². The van der Waals surface area contributed by atoms with E-state index in [4.69, 9.17) is 23.2 Å². The number of benzene rings is 3. The summed E-state index contributed by atoms with van der Waals surface area (Å²) in [5, 5.41) is 3.81. The minimum absolute atomic E-state index is 0.157. The fourth-order valence-corrected chi connectivity index (χ4v) is 3.88. The molecule has 3 rings (SSSR count). The summed E-state index contributed by atoms with van der Waals surface area (Å²) in [5.74, 6) is -0.821. The van der Waals surface area contributed by atoms with Crippen molar-refractivity contribution < 1.29 is 14.0 Å². The van der Waals surface area contributed by atoms with Gasteiger partial charge in [-0.2, -0.15) is 0 Å². The molecule has 0 radical (unpaired) electrons. The molecule has 0 saturated heterocycles. The van der Waals surface area contributed by atoms with Crippen molar-refractivity contribution >= 4 is 35.0 Å². The number of carbonyl (C=O) groups excluding carboxylic acids is 2. The second-order valence-corrected chi connectivity index (χ2v) is 8.61. The SMILES string of the molecule is CC(C(=O)NCc1ccc(Cl)cc1Cl)N(Cc1ccc(F)cc1)C(=O)CCc1ccccc1. The van der Waals surface area contributed by atoms with Crippen molar-refractivity contribution in [3.8, 4) is 0 Å². The highest BCUT2D eigenvalue weighted by molar-refractivity contribution is 6.35. The second-order valence-electron chi connectivity index (χ2n) is 7.76. The first kappa shape index (κ1) is 24.7. The molecule has 0 spiro atoms. The van der Waals surface area contributed by atoms with E-state index in [1.165, 1.54) is 17.0 Å². The highest BCUT2D eigenvalue weighted by atomic mass is 35.5. The number of amides is 2. The zero-order valence-corrected chi connectivity index (χ0v) is 19.7. The Labute approximate surface area is 203 Å². The predicted molar refractivity (Wildman–Crippen MR) is 129 cm³/mol. The Balaban J connectivity index is 1.70. The smallest absolute Gasteiger partial charge is 0.242 e. The topological polar surface area (TPSA) is 49.4 Å². The van der Waals surface area contributed by atoms with Crippen LogP contribution in [0.15, 0.2) is 72.8 Å². The van der Waals surface area contributed by atoms with E-state index < -0.39 is 6.04 Å². The average Bonchev–Trinajstić information content (AvgIpc) is 2.81. The van der Waals surface area contributed by atoms with Gasteiger partial charge in [0.15, 0.2) is 0 Å². The number of nitrogens with zero attached hydrogens (tertiary/aromatic N) is 1. The fraction of sp³-hybridized carbons (Fsp3) is 0.231. The largest absolute Gasteiger partial charge is 0.350 e. The van der Waals surface area contributed by atoms with Crippen LogP contribution in [0.5, 0.6) is 0 Å². The van der Waals surface area contributed by atoms with E-state index in [0.717, 1.165) is 16.7 Å². The van der Waals surface area contributed by atoms with Crippen LogP contribution in [0.2, 0.25) is 10.0 Å². The van der Waals surface area contributed by atoms with E-state index in [9.17, 15) is 14.0 Å². The van der Waals surface area contributed by atoms with Gasteiger partial charge >= 0.3 is 0 Å². The van der Waals surface area contributed by atoms with Gasteiger partial charge in [0.2, 0.25) is 11.8 Å². The van der Waals surface area contributed by atoms with E-state index in [-0.39, 0.29) is 37.1 Å². The fourth-order valence-electron chi connectivity index (χ4n) is 3.40. The van der Waals surface area contributed by atoms with Crippen molar-refractivity contribution in [1.82, 2.24) is 10.2 Å². The van der Waals surface area contributed by atoms with Gasteiger partial charge in [-0.15, -0.1) is 0 Å². The number of rotatable bonds is 9. The van der Waals surface area contributed by atoms with Crippen molar-refractivity contribution in [2.45, 2.75) is 38.9 Å². The Morgan fingerprint density at radius 2 is 1.67 bits per heavy atom. The maximum atomic E-state index is 13.3. The van der Waals surface area contributed by atoms with Crippen LogP contribution < -0.4 is 5.32 Å². The summed E-state index contributed by atoms with van der Waals surface area (Å²) in [7, 11) is 0. The van der Waals surface area contributed by atoms with Crippen LogP contribution >= 0.6 is 23.2 Å². The molecule has 0 aromatic heterocycles. The molecule has 3 aromatic rings. The Hall–Kier alpha value is -2.89. The third kappa shape index (κ3) is 7.31. The molecular weight excluding hydrogens is 462 g/mol. The van der Waals surface area contributed by atoms with Gasteiger partial charge in [0.05, 0.1) is 0 Å². The Morgan fingerprint density at radius 1 is 0.970 bits per heavy atom. The van der Waals surface area contributed by atoms with E-state index >= 15 is 0 Å². The molecule has 0 aliphatic heterocycles. The molecule has 2 amide bonds. The highest BCUT2D eigenvalue weighted by Crippen LogP contribution is 2.21. The number of hydrogen-bond donors (Lipinski definition) is 1. The summed E-state index contributed by atoms with van der Waals surface area (Å²) in [4.78, 5) is 27.6. The molecule has 0 heterocycles. The molecule has 172 valence electrons. The monoisotopic (exact) mass is 486 g/mol. The zero-order chi connectivity index (χ0) is 23.8. The maximum Gasteiger partial charge on any atom is 0.242 e. The summed E-state index contributed by atoms with van der Waals surface area (Å²) >= 11 is 12.1. The first-order chi connectivity index (χ1) is 15.8. The van der Waals surface area contributed by atoms with Crippen LogP contribution in [-0.2, 0) is 29.1 Å². The van der Waals surface area contributed by atoms with Crippen LogP contribution in [-0.4, -0.2) is 22.8 Å². The molecule has 4 nitrogen and oxygen atoms in total. The molecule has 1 atom stereocenters. The quantitative estimate of drug-likeness (QED) is 0.415. The van der Waals surface area contributed by atoms with E-state index in [2.05, 4.69) is 5.32 Å². The summed E-state index contributed by atoms with van der Waals surface area (Å²) in [6.07, 6.45) is 0.820. The molecule has 0 aliphatic carbocycles. The van der Waals surface area contributed by atoms with Gasteiger partial charge in [-0.05, 0) is 54.3 Å². The second kappa shape index (κ2) is 11.8. The van der Waals surface area contributed by atoms with Crippen molar-refractivity contribution in [3.63, 3.8) is 0 Å². The summed E-state index contributed by atoms with van der Waals surface area (Å²) in [6, 6.07) is 19.9. The predicted octanol–water partition coefficient (Wildman–Crippen LogP) is 5.80. The Morgan fingerprint density at radius 3 is 2.33 bits per heavy atom. The zero-order valence-electron chi connectivity index (χ0n) is 18.2. The molecule has 7 heteroatoms. The lowest BCUT2D eigenvalue weighted by Crippen LogP contribution is -2.47. The minimum atomic E-state index is -0.732. The van der Waals surface area contributed by atoms with Crippen LogP contribution in [0.25, 0.3) is 0 Å². The van der Waals surface area contributed by atoms with Crippen molar-refractivity contribution in [1.29, 1.82) is 0 Å². The van der Waals surface area contributed by atoms with Crippen LogP contribution in [0.1, 0.15) is 30.0 Å². The third-order valence-corrected chi connectivity index (χ3v) is 5.96. The highest BCUT2D eigenvalue weighted by Gasteiger charge is 2.26. The lowest BCUT2D eigenvalue weighted by atomic mass is 10.1. The molecule has 0 bridgehead atoms. The number of carbonyl (C=O) groups is 2. The Bertz CT molecular complexity index is 1090. The molecule has 1 unspecified atom stereocenters. The van der Waals surface area contributed by atoms with Gasteiger partial charge in [-0.3, -0.25) is 9.59 Å². The van der Waals surface area contributed by atoms with Gasteiger partial charge in [0.25, 0.3) is 0 Å². The van der Waals surface area contributed by atoms with Gasteiger partial charge in [0, 0.05) is 29.6 Å². The normalized spacial score (nSPS) is 11.6. The molecule has 0 aliphatic rings. The van der Waals surface area contributed by atoms with E-state index in [0.29, 0.717) is 16.5 Å². The molecule has 0 fully saturated rings. The van der Waals surface area contributed by atoms with Crippen molar-refractivity contribution in [2.24, 2.45) is 0 Å². The molecular formula is C26H25Cl2FN2O2. The molecule has 33 heavy (non-hydrogen) atoms. The van der Waals surface area contributed by atoms with Gasteiger partial charge in [0.1, 0.15) is 11.9 Å². The number of aryl methyl sites for hydroxylation is 1. The summed E-state index contributed by atoms with van der Waals surface area (Å²) in [5.41, 5.74) is 2.51. The lowest BCUT2D eigenvalue weighted by Gasteiger charge is -2.29. The van der Waals surface area contributed by atoms with Crippen LogP contribution in [0.3, 0.4) is 0 Å². The summed E-state index contributed by atoms with van der Waals surface area (Å²) < 4.78 is 13.3. The minimum Gasteiger partial charge on any atom is -0.350 e. The van der Waals surface area contributed by atoms with Gasteiger partial charge in [-0.1, -0.05) is 71.7 Å². The van der Waals surface area contributed by atoms with Gasteiger partial charge < -0.3 is 10.2 Å². The van der Waals surface area contributed by atoms with Crippen LogP contribution in [0.4, 0.5) is 4.39 Å². The van der Waals surface area contributed by atoms with Crippen molar-refractivity contribution in [3.05, 3.63) is 105 Å². The Kier molecular flexibility index (Phi) is 8.87. The third-order valence-electron chi connectivity index (χ3n) is 5.37.